The number of thioether (sulfide) groups is 1. The molecular formula is C23H22N2O5S2. The molecule has 0 unspecified atom stereocenters. The lowest BCUT2D eigenvalue weighted by molar-refractivity contribution is -0.142. The number of aromatic nitrogens is 1. The van der Waals surface area contributed by atoms with Gasteiger partial charge in [-0.3, -0.25) is 24.1 Å². The summed E-state index contributed by atoms with van der Waals surface area (Å²) in [6, 6.07) is 10.2. The molecule has 7 nitrogen and oxygen atoms in total. The largest absolute Gasteiger partial charge is 0.481 e. The fourth-order valence-electron chi connectivity index (χ4n) is 6.72. The fraction of sp³-hybridized carbons (Fsp3) is 0.478. The highest BCUT2D eigenvalue weighted by Crippen LogP contribution is 2.68. The molecule has 0 radical (unpaired) electrons. The summed E-state index contributed by atoms with van der Waals surface area (Å²) in [5.41, 5.74) is 1.15. The van der Waals surface area contributed by atoms with Gasteiger partial charge in [0, 0.05) is 29.0 Å². The number of aromatic amines is 1. The number of likely N-dealkylation sites (tertiary alicyclic amines) is 1. The number of carbonyl (C=O) groups is 3. The summed E-state index contributed by atoms with van der Waals surface area (Å²) in [5, 5.41) is 10.0. The molecule has 2 aliphatic heterocycles. The number of amides is 2. The number of carboxylic acid groups (broad SMARTS) is 1. The Kier molecular flexibility index (Phi) is 4.62. The molecule has 1 saturated heterocycles. The maximum atomic E-state index is 13.3. The quantitative estimate of drug-likeness (QED) is 0.651. The number of fused-ring (bicyclic) bond motifs is 9. The first-order valence-electron chi connectivity index (χ1n) is 11.0. The van der Waals surface area contributed by atoms with Crippen molar-refractivity contribution in [2.75, 3.05) is 6.54 Å². The van der Waals surface area contributed by atoms with Crippen LogP contribution in [0.15, 0.2) is 40.2 Å². The summed E-state index contributed by atoms with van der Waals surface area (Å²) in [7, 11) is 0. The highest BCUT2D eigenvalue weighted by molar-refractivity contribution is 8.00. The third-order valence-electron chi connectivity index (χ3n) is 7.75. The maximum Gasteiger partial charge on any atom is 0.305 e. The number of imide groups is 1. The van der Waals surface area contributed by atoms with Crippen LogP contribution in [-0.4, -0.2) is 44.6 Å². The minimum Gasteiger partial charge on any atom is -0.481 e. The van der Waals surface area contributed by atoms with Crippen LogP contribution in [0.4, 0.5) is 0 Å². The van der Waals surface area contributed by atoms with Gasteiger partial charge in [0.15, 0.2) is 0 Å². The molecule has 2 amide bonds. The number of hydrogen-bond acceptors (Lipinski definition) is 6. The van der Waals surface area contributed by atoms with Crippen molar-refractivity contribution in [3.8, 4) is 0 Å². The Bertz CT molecular complexity index is 1170. The predicted octanol–water partition coefficient (Wildman–Crippen LogP) is 2.77. The number of carboxylic acids is 1. The van der Waals surface area contributed by atoms with Crippen LogP contribution in [0.5, 0.6) is 0 Å². The van der Waals surface area contributed by atoms with E-state index in [0.29, 0.717) is 0 Å². The van der Waals surface area contributed by atoms with E-state index in [1.165, 1.54) is 16.2 Å². The Hall–Kier alpha value is -2.39. The van der Waals surface area contributed by atoms with Crippen LogP contribution in [-0.2, 0) is 14.4 Å². The number of nitrogens with one attached hydrogen (secondary N) is 1. The Balaban J connectivity index is 1.37. The van der Waals surface area contributed by atoms with Crippen LogP contribution in [0.25, 0.3) is 0 Å². The van der Waals surface area contributed by atoms with Gasteiger partial charge in [0.05, 0.1) is 16.9 Å². The summed E-state index contributed by atoms with van der Waals surface area (Å²) < 4.78 is 0. The molecule has 6 rings (SSSR count). The summed E-state index contributed by atoms with van der Waals surface area (Å²) in [4.78, 5) is 55.0. The molecule has 0 spiro atoms. The summed E-state index contributed by atoms with van der Waals surface area (Å²) in [5.74, 6) is -1.36. The first kappa shape index (κ1) is 20.2. The highest BCUT2D eigenvalue weighted by Gasteiger charge is 2.69. The molecule has 1 aromatic heterocycles. The highest BCUT2D eigenvalue weighted by atomic mass is 32.2. The van der Waals surface area contributed by atoms with Crippen LogP contribution in [0.1, 0.15) is 35.6 Å². The summed E-state index contributed by atoms with van der Waals surface area (Å²) in [6.07, 6.45) is 1.10. The lowest BCUT2D eigenvalue weighted by Crippen LogP contribution is -2.42. The molecule has 2 aliphatic carbocycles. The molecule has 4 aliphatic rings. The van der Waals surface area contributed by atoms with E-state index >= 15 is 0 Å². The second-order valence-corrected chi connectivity index (χ2v) is 11.4. The number of H-pyrrole nitrogens is 1. The van der Waals surface area contributed by atoms with Gasteiger partial charge in [0.1, 0.15) is 0 Å². The second-order valence-electron chi connectivity index (χ2n) is 9.20. The number of carbonyl (C=O) groups excluding carboxylic acids is 2. The topological polar surface area (TPSA) is 108 Å². The minimum atomic E-state index is -0.919. The van der Waals surface area contributed by atoms with E-state index in [1.54, 1.807) is 11.8 Å². The normalized spacial score (nSPS) is 34.5. The number of aliphatic carboxylic acids is 1. The first-order valence-corrected chi connectivity index (χ1v) is 12.7. The molecule has 2 N–H and O–H groups in total. The smallest absolute Gasteiger partial charge is 0.305 e. The van der Waals surface area contributed by atoms with E-state index in [0.717, 1.165) is 21.9 Å². The van der Waals surface area contributed by atoms with Gasteiger partial charge < -0.3 is 10.1 Å². The molecule has 32 heavy (non-hydrogen) atoms. The molecule has 2 bridgehead atoms. The van der Waals surface area contributed by atoms with Crippen molar-refractivity contribution in [2.24, 2.45) is 29.6 Å². The lowest BCUT2D eigenvalue weighted by atomic mass is 9.68. The van der Waals surface area contributed by atoms with E-state index in [4.69, 9.17) is 5.11 Å². The van der Waals surface area contributed by atoms with Gasteiger partial charge in [-0.25, -0.2) is 0 Å². The van der Waals surface area contributed by atoms with Gasteiger partial charge in [-0.2, -0.15) is 0 Å². The van der Waals surface area contributed by atoms with E-state index in [-0.39, 0.29) is 76.8 Å². The van der Waals surface area contributed by atoms with E-state index in [2.05, 4.69) is 17.1 Å². The number of hydrogen-bond donors (Lipinski definition) is 2. The van der Waals surface area contributed by atoms with Crippen molar-refractivity contribution in [2.45, 2.75) is 35.5 Å². The van der Waals surface area contributed by atoms with Crippen molar-refractivity contribution >= 4 is 40.9 Å². The number of benzene rings is 1. The van der Waals surface area contributed by atoms with E-state index < -0.39 is 5.97 Å². The van der Waals surface area contributed by atoms with E-state index in [9.17, 15) is 19.2 Å². The molecule has 166 valence electrons. The Morgan fingerprint density at radius 3 is 2.53 bits per heavy atom. The van der Waals surface area contributed by atoms with Crippen LogP contribution < -0.4 is 4.87 Å². The Morgan fingerprint density at radius 1 is 1.09 bits per heavy atom. The van der Waals surface area contributed by atoms with Gasteiger partial charge in [-0.1, -0.05) is 41.7 Å². The summed E-state index contributed by atoms with van der Waals surface area (Å²) in [6.45, 7) is 0.182. The Morgan fingerprint density at radius 2 is 1.81 bits per heavy atom. The second kappa shape index (κ2) is 7.31. The number of nitrogens with zero attached hydrogens (tertiary/aromatic N) is 1. The van der Waals surface area contributed by atoms with Gasteiger partial charge in [-0.15, -0.1) is 11.8 Å². The van der Waals surface area contributed by atoms with Crippen molar-refractivity contribution in [1.82, 2.24) is 9.88 Å². The monoisotopic (exact) mass is 470 g/mol. The molecule has 2 saturated carbocycles. The van der Waals surface area contributed by atoms with Crippen molar-refractivity contribution in [3.05, 3.63) is 50.4 Å². The SMILES string of the molecule is O=C(O)CCCN1C(=O)[C@@H]2[C@H]3C[C@@H]([C@@H]4Sc5[nH]c(=O)sc5[C@H](c5ccccc5)[C@@H]34)[C@H]2C1=O. The third-order valence-corrected chi connectivity index (χ3v) is 10.3. The van der Waals surface area contributed by atoms with Gasteiger partial charge in [-0.05, 0) is 36.2 Å². The average Bonchev–Trinajstić information content (AvgIpc) is 3.49. The van der Waals surface area contributed by atoms with Crippen molar-refractivity contribution < 1.29 is 19.5 Å². The molecule has 2 aromatic rings. The number of rotatable bonds is 5. The fourth-order valence-corrected chi connectivity index (χ4v) is 9.61. The van der Waals surface area contributed by atoms with Gasteiger partial charge in [0.25, 0.3) is 0 Å². The average molecular weight is 471 g/mol. The molecule has 3 heterocycles. The van der Waals surface area contributed by atoms with Crippen LogP contribution >= 0.6 is 23.1 Å². The third kappa shape index (κ3) is 2.80. The van der Waals surface area contributed by atoms with Crippen molar-refractivity contribution in [1.29, 1.82) is 0 Å². The molecule has 3 fully saturated rings. The van der Waals surface area contributed by atoms with E-state index in [1.807, 2.05) is 18.2 Å². The van der Waals surface area contributed by atoms with Crippen molar-refractivity contribution in [3.63, 3.8) is 0 Å². The molecule has 1 aromatic carbocycles. The molecule has 7 atom stereocenters. The number of thiazole rings is 1. The zero-order valence-corrected chi connectivity index (χ0v) is 18.7. The Labute approximate surface area is 192 Å². The maximum absolute atomic E-state index is 13.3. The molecule has 9 heteroatoms. The van der Waals surface area contributed by atoms with Crippen LogP contribution in [0, 0.1) is 29.6 Å². The van der Waals surface area contributed by atoms with Crippen LogP contribution in [0.3, 0.4) is 0 Å². The minimum absolute atomic E-state index is 0.0429. The first-order chi connectivity index (χ1) is 15.5. The predicted molar refractivity (Wildman–Crippen MR) is 119 cm³/mol. The lowest BCUT2D eigenvalue weighted by Gasteiger charge is -2.43. The zero-order chi connectivity index (χ0) is 22.1. The summed E-state index contributed by atoms with van der Waals surface area (Å²) >= 11 is 2.94. The van der Waals surface area contributed by atoms with Gasteiger partial charge in [0.2, 0.25) is 11.8 Å². The zero-order valence-electron chi connectivity index (χ0n) is 17.1. The molecular weight excluding hydrogens is 448 g/mol. The van der Waals surface area contributed by atoms with Crippen LogP contribution in [0.2, 0.25) is 0 Å². The standard InChI is InChI=1S/C23H22N2O5S2/c26-13(27)7-4-8-25-21(28)16-11-9-12(17(16)22(25)29)18-15(11)14(10-5-2-1-3-6-10)19-20(31-18)24-23(30)32-19/h1-3,5-6,11-12,14-18H,4,7-9H2,(H,24,30)(H,26,27)/t11-,12+,14+,15+,16+,17+,18-/m0/s1. The van der Waals surface area contributed by atoms with Gasteiger partial charge >= 0.3 is 10.8 Å².